The molecule has 1 rings (SSSR count). The summed E-state index contributed by atoms with van der Waals surface area (Å²) in [6.45, 7) is 4.07. The molecule has 0 aliphatic rings. The van der Waals surface area contributed by atoms with Crippen molar-refractivity contribution in [3.05, 3.63) is 24.5 Å². The molecule has 1 atom stereocenters. The fraction of sp³-hybridized carbons (Fsp3) is 0.800. The number of azo groups is 1. The standard InChI is InChI=1S/C20H36Cl3N3Si/c1-2-3-4-5-6-7-10-15-20(27(21,22)23)25-24-16-11-8-9-12-17-26-18-13-14-19-26/h13-14,18-20H,2-12,15-17H2,1H3. The average Bonchev–Trinajstić information content (AvgIpc) is 3.13. The third-order valence-electron chi connectivity index (χ3n) is 4.77. The molecule has 0 aromatic carbocycles. The van der Waals surface area contributed by atoms with E-state index in [9.17, 15) is 0 Å². The van der Waals surface area contributed by atoms with Gasteiger partial charge in [0, 0.05) is 18.9 Å². The Hall–Kier alpha value is -0.0331. The topological polar surface area (TPSA) is 29.6 Å². The molecular weight excluding hydrogens is 417 g/mol. The van der Waals surface area contributed by atoms with E-state index in [1.165, 1.54) is 57.8 Å². The van der Waals surface area contributed by atoms with Gasteiger partial charge in [0.05, 0.1) is 6.54 Å². The Kier molecular flexibility index (Phi) is 14.7. The SMILES string of the molecule is CCCCCCCCCC(N=NCCCCCCn1cccc1)[Si](Cl)(Cl)Cl. The molecule has 27 heavy (non-hydrogen) atoms. The highest BCUT2D eigenvalue weighted by Gasteiger charge is 2.36. The molecule has 1 unspecified atom stereocenters. The summed E-state index contributed by atoms with van der Waals surface area (Å²) in [5.41, 5.74) is -0.188. The van der Waals surface area contributed by atoms with E-state index >= 15 is 0 Å². The lowest BCUT2D eigenvalue weighted by Crippen LogP contribution is -2.29. The number of aryl methyl sites for hydroxylation is 1. The normalized spacial score (nSPS) is 13.5. The van der Waals surface area contributed by atoms with Crippen LogP contribution in [0.3, 0.4) is 0 Å². The first-order valence-electron chi connectivity index (χ1n) is 10.6. The van der Waals surface area contributed by atoms with Crippen molar-refractivity contribution in [2.75, 3.05) is 6.54 Å². The largest absolute Gasteiger partial charge is 0.366 e. The molecule has 0 saturated carbocycles. The van der Waals surface area contributed by atoms with E-state index < -0.39 is 6.00 Å². The zero-order chi connectivity index (χ0) is 19.8. The van der Waals surface area contributed by atoms with Crippen molar-refractivity contribution in [3.63, 3.8) is 0 Å². The Morgan fingerprint density at radius 3 is 2.07 bits per heavy atom. The molecule has 3 nitrogen and oxygen atoms in total. The van der Waals surface area contributed by atoms with Gasteiger partial charge in [-0.1, -0.05) is 64.7 Å². The van der Waals surface area contributed by atoms with Gasteiger partial charge < -0.3 is 4.57 Å². The fourth-order valence-corrected chi connectivity index (χ4v) is 5.21. The lowest BCUT2D eigenvalue weighted by Gasteiger charge is -2.16. The van der Waals surface area contributed by atoms with Crippen molar-refractivity contribution < 1.29 is 0 Å². The number of rotatable bonds is 17. The van der Waals surface area contributed by atoms with E-state index in [0.29, 0.717) is 0 Å². The predicted octanol–water partition coefficient (Wildman–Crippen LogP) is 8.20. The van der Waals surface area contributed by atoms with E-state index in [4.69, 9.17) is 33.2 Å². The van der Waals surface area contributed by atoms with Crippen molar-refractivity contribution in [1.29, 1.82) is 0 Å². The Labute approximate surface area is 181 Å². The van der Waals surface area contributed by atoms with Gasteiger partial charge in [-0.2, -0.15) is 10.2 Å². The summed E-state index contributed by atoms with van der Waals surface area (Å²) in [7, 11) is 0. The van der Waals surface area contributed by atoms with Crippen LogP contribution in [0, 0.1) is 0 Å². The lowest BCUT2D eigenvalue weighted by atomic mass is 10.1. The zero-order valence-electron chi connectivity index (χ0n) is 16.8. The summed E-state index contributed by atoms with van der Waals surface area (Å²) < 4.78 is 2.22. The van der Waals surface area contributed by atoms with Gasteiger partial charge in [-0.05, 0) is 31.4 Å². The van der Waals surface area contributed by atoms with Crippen LogP contribution in [-0.2, 0) is 6.54 Å². The zero-order valence-corrected chi connectivity index (χ0v) is 20.0. The molecule has 7 heteroatoms. The third-order valence-corrected chi connectivity index (χ3v) is 8.20. The molecule has 0 amide bonds. The molecule has 0 bridgehead atoms. The number of hydrogen-bond donors (Lipinski definition) is 0. The molecule has 1 heterocycles. The molecule has 0 N–H and O–H groups in total. The van der Waals surface area contributed by atoms with Gasteiger partial charge in [-0.25, -0.2) is 0 Å². The van der Waals surface area contributed by atoms with Gasteiger partial charge >= 0.3 is 6.00 Å². The minimum Gasteiger partial charge on any atom is -0.354 e. The molecule has 1 aromatic rings. The van der Waals surface area contributed by atoms with E-state index in [2.05, 4.69) is 46.2 Å². The summed E-state index contributed by atoms with van der Waals surface area (Å²) in [4.78, 5) is 0. The second-order valence-corrected chi connectivity index (χ2v) is 16.1. The van der Waals surface area contributed by atoms with Crippen molar-refractivity contribution in [1.82, 2.24) is 4.57 Å². The quantitative estimate of drug-likeness (QED) is 0.0986. The Morgan fingerprint density at radius 1 is 0.815 bits per heavy atom. The highest BCUT2D eigenvalue weighted by molar-refractivity contribution is 7.65. The highest BCUT2D eigenvalue weighted by atomic mass is 35.8. The van der Waals surface area contributed by atoms with Crippen LogP contribution in [0.4, 0.5) is 0 Å². The minimum atomic E-state index is -2.83. The molecule has 0 spiro atoms. The fourth-order valence-electron chi connectivity index (χ4n) is 3.09. The first kappa shape index (κ1) is 25.0. The summed E-state index contributed by atoms with van der Waals surface area (Å²) in [5.74, 6) is 0. The van der Waals surface area contributed by atoms with Crippen LogP contribution in [0.1, 0.15) is 84.0 Å². The maximum atomic E-state index is 6.22. The molecule has 0 aliphatic heterocycles. The third kappa shape index (κ3) is 13.7. The average molecular weight is 453 g/mol. The highest BCUT2D eigenvalue weighted by Crippen LogP contribution is 2.30. The number of unbranched alkanes of at least 4 members (excludes halogenated alkanes) is 9. The first-order chi connectivity index (χ1) is 13.0. The predicted molar refractivity (Wildman–Crippen MR) is 122 cm³/mol. The second kappa shape index (κ2) is 15.8. The maximum Gasteiger partial charge on any atom is 0.366 e. The van der Waals surface area contributed by atoms with Gasteiger partial charge in [-0.3, -0.25) is 0 Å². The molecule has 0 aliphatic carbocycles. The van der Waals surface area contributed by atoms with Crippen LogP contribution in [0.2, 0.25) is 0 Å². The van der Waals surface area contributed by atoms with Crippen LogP contribution in [-0.4, -0.2) is 22.8 Å². The second-order valence-electron chi connectivity index (χ2n) is 7.28. The number of nitrogens with zero attached hydrogens (tertiary/aromatic N) is 3. The van der Waals surface area contributed by atoms with Gasteiger partial charge in [0.1, 0.15) is 5.67 Å². The Morgan fingerprint density at radius 2 is 1.41 bits per heavy atom. The molecule has 1 aromatic heterocycles. The van der Waals surface area contributed by atoms with E-state index in [1.54, 1.807) is 0 Å². The van der Waals surface area contributed by atoms with Crippen LogP contribution in [0.15, 0.2) is 34.8 Å². The van der Waals surface area contributed by atoms with Crippen molar-refractivity contribution in [3.8, 4) is 0 Å². The van der Waals surface area contributed by atoms with Crippen LogP contribution in [0.5, 0.6) is 0 Å². The summed E-state index contributed by atoms with van der Waals surface area (Å²) in [6, 6.07) is 1.31. The Balaban J connectivity index is 2.09. The molecule has 0 saturated heterocycles. The summed E-state index contributed by atoms with van der Waals surface area (Å²) >= 11 is 18.7. The summed E-state index contributed by atoms with van der Waals surface area (Å²) in [5, 5.41) is 8.71. The molecular formula is C20H36Cl3N3Si. The van der Waals surface area contributed by atoms with Crippen LogP contribution in [0.25, 0.3) is 0 Å². The lowest BCUT2D eigenvalue weighted by molar-refractivity contribution is 0.557. The molecule has 156 valence electrons. The van der Waals surface area contributed by atoms with Crippen molar-refractivity contribution in [2.45, 2.75) is 96.2 Å². The number of aromatic nitrogens is 1. The van der Waals surface area contributed by atoms with E-state index in [-0.39, 0.29) is 5.67 Å². The van der Waals surface area contributed by atoms with Crippen LogP contribution >= 0.6 is 33.2 Å². The Bertz CT molecular complexity index is 475. The summed E-state index contributed by atoms with van der Waals surface area (Å²) in [6.07, 6.45) is 18.6. The van der Waals surface area contributed by atoms with Crippen molar-refractivity contribution in [2.24, 2.45) is 10.2 Å². The van der Waals surface area contributed by atoms with Gasteiger partial charge in [0.25, 0.3) is 0 Å². The monoisotopic (exact) mass is 451 g/mol. The molecule has 0 fully saturated rings. The molecule has 0 radical (unpaired) electrons. The van der Waals surface area contributed by atoms with Crippen LogP contribution < -0.4 is 0 Å². The maximum absolute atomic E-state index is 6.22. The number of halogens is 3. The van der Waals surface area contributed by atoms with Gasteiger partial charge in [0.2, 0.25) is 0 Å². The van der Waals surface area contributed by atoms with E-state index in [0.717, 1.165) is 32.4 Å². The van der Waals surface area contributed by atoms with Gasteiger partial charge in [0.15, 0.2) is 0 Å². The van der Waals surface area contributed by atoms with E-state index in [1.807, 2.05) is 0 Å². The van der Waals surface area contributed by atoms with Gasteiger partial charge in [-0.15, -0.1) is 33.2 Å². The smallest absolute Gasteiger partial charge is 0.354 e. The first-order valence-corrected chi connectivity index (χ1v) is 15.7. The minimum absolute atomic E-state index is 0.188. The number of hydrogen-bond acceptors (Lipinski definition) is 2. The van der Waals surface area contributed by atoms with Crippen molar-refractivity contribution >= 4 is 39.2 Å².